The van der Waals surface area contributed by atoms with Crippen LogP contribution in [-0.2, 0) is 33.1 Å². The predicted molar refractivity (Wildman–Crippen MR) is 359 cm³/mol. The molecule has 0 amide bonds. The van der Waals surface area contributed by atoms with Crippen LogP contribution < -0.4 is 11.5 Å². The number of nitrogens with one attached hydrogen (secondary N) is 2. The van der Waals surface area contributed by atoms with E-state index in [-0.39, 0.29) is 48.5 Å². The summed E-state index contributed by atoms with van der Waals surface area (Å²) in [5.41, 5.74) is 21.2. The second-order valence-corrected chi connectivity index (χ2v) is 31.0. The summed E-state index contributed by atoms with van der Waals surface area (Å²) in [6.45, 7) is 28.5. The number of H-pyrrole nitrogens is 2. The van der Waals surface area contributed by atoms with Gasteiger partial charge in [0.25, 0.3) is 0 Å². The SMILES string of the molecule is C.CC(C)N(C[C@H]1C[C@@H](n2cc(Br)c3c(N)ncnc32)[C@@H]2OC(C)(C)O[C@H]12)C1CC(CCc2nc3ccc(C(C)(C)C)cc3[nH]2)C1.CC(C)N(C[C@H]1C[C@@H](n2cc(Br)c3c(N)ncnc32)[C@H](O)[C@@H]1O)C1CC(CCc2nc3ccc(C(C)(C)C)cc3[nH]2)C1. The van der Waals surface area contributed by atoms with E-state index in [1.165, 1.54) is 36.7 Å². The number of nitrogen functional groups attached to an aromatic ring is 2. The number of benzene rings is 2. The Morgan fingerprint density at radius 2 is 1.06 bits per heavy atom. The topological polar surface area (TPSA) is 236 Å². The molecule has 8 aromatic rings. The summed E-state index contributed by atoms with van der Waals surface area (Å²) in [6.07, 6.45) is 16.0. The molecule has 13 rings (SSSR count). The second-order valence-electron chi connectivity index (χ2n) is 29.3. The number of nitrogens with zero attached hydrogens (tertiary/aromatic N) is 10. The lowest BCUT2D eigenvalue weighted by Gasteiger charge is -2.46. The van der Waals surface area contributed by atoms with Gasteiger partial charge in [-0.25, -0.2) is 29.9 Å². The molecule has 20 heteroatoms. The zero-order valence-corrected chi connectivity index (χ0v) is 56.1. The van der Waals surface area contributed by atoms with E-state index in [4.69, 9.17) is 30.9 Å². The van der Waals surface area contributed by atoms with Crippen molar-refractivity contribution in [3.63, 3.8) is 0 Å². The number of ether oxygens (including phenoxy) is 2. The van der Waals surface area contributed by atoms with Crippen molar-refractivity contribution in [3.05, 3.63) is 93.2 Å². The summed E-state index contributed by atoms with van der Waals surface area (Å²) >= 11 is 7.28. The average molecular weight is 1330 g/mol. The van der Waals surface area contributed by atoms with Gasteiger partial charge in [-0.3, -0.25) is 9.80 Å². The van der Waals surface area contributed by atoms with Gasteiger partial charge in [-0.1, -0.05) is 61.1 Å². The molecular weight excluding hydrogens is 1240 g/mol. The molecule has 5 aliphatic rings. The van der Waals surface area contributed by atoms with E-state index in [2.05, 4.69) is 188 Å². The number of aromatic nitrogens is 10. The molecule has 0 radical (unpaired) electrons. The van der Waals surface area contributed by atoms with Crippen molar-refractivity contribution in [2.24, 2.45) is 23.7 Å². The first-order chi connectivity index (χ1) is 41.2. The number of aryl methyl sites for hydroxylation is 2. The second kappa shape index (κ2) is 24.9. The van der Waals surface area contributed by atoms with E-state index in [1.54, 1.807) is 6.33 Å². The number of halogens is 2. The number of imidazole rings is 2. The van der Waals surface area contributed by atoms with Gasteiger partial charge in [0.15, 0.2) is 5.79 Å². The molecule has 1 saturated heterocycles. The molecule has 8 atom stereocenters. The van der Waals surface area contributed by atoms with Crippen molar-refractivity contribution in [1.82, 2.24) is 58.8 Å². The molecule has 0 bridgehead atoms. The Balaban J connectivity index is 0.000000180. The smallest absolute Gasteiger partial charge is 0.163 e. The Bertz CT molecular complexity index is 3750. The van der Waals surface area contributed by atoms with Crippen molar-refractivity contribution in [2.45, 2.75) is 232 Å². The molecule has 88 heavy (non-hydrogen) atoms. The van der Waals surface area contributed by atoms with Crippen molar-refractivity contribution in [2.75, 3.05) is 24.6 Å². The van der Waals surface area contributed by atoms with Crippen LogP contribution in [0.15, 0.2) is 70.4 Å². The molecule has 18 nitrogen and oxygen atoms in total. The van der Waals surface area contributed by atoms with Gasteiger partial charge in [0.2, 0.25) is 0 Å². The maximum Gasteiger partial charge on any atom is 0.163 e. The van der Waals surface area contributed by atoms with Crippen LogP contribution in [0, 0.1) is 23.7 Å². The standard InChI is InChI=1S/C35H48BrN7O2.C32H44BrN7O2.CH4/c1-19(2)42(23-12-20(13-23)8-11-28-40-25-10-9-22(34(3,4)5)15-26(25)41-28)16-21-14-27(31-30(21)44-35(6,7)45-31)43-17-24(36)29-32(37)38-18-39-33(29)43;1-17(2)39(14-19-12-25(29(42)28(19)41)40-15-22(33)27-30(34)35-16-36-31(27)40)21-10-18(11-21)6-9-26-37-23-8-7-20(32(3,4)5)13-24(23)38-26;/h9-10,15,17-21,23,27,30-31H,8,11-14,16H2,1-7H3,(H,40,41)(H2,37,38,39);7-8,13,15-19,21,25,28-29,41-42H,6,9-12,14H2,1-5H3,(H,37,38)(H2,34,35,36);1H4/t20?,21-,23?,27-,30-,31+;18?,19-,21?,25-,28-,29+;/m11./s1. The lowest BCUT2D eigenvalue weighted by Crippen LogP contribution is -2.51. The molecule has 476 valence electrons. The highest BCUT2D eigenvalue weighted by Crippen LogP contribution is 2.50. The molecule has 5 fully saturated rings. The van der Waals surface area contributed by atoms with Gasteiger partial charge in [0.1, 0.15) is 59.4 Å². The number of nitrogens with two attached hydrogens (primary N) is 2. The number of hydrogen-bond donors (Lipinski definition) is 6. The first kappa shape index (κ1) is 64.5. The molecule has 6 aromatic heterocycles. The van der Waals surface area contributed by atoms with Gasteiger partial charge < -0.3 is 50.3 Å². The highest BCUT2D eigenvalue weighted by Gasteiger charge is 2.56. The lowest BCUT2D eigenvalue weighted by molar-refractivity contribution is -0.161. The summed E-state index contributed by atoms with van der Waals surface area (Å²) in [6, 6.07) is 15.0. The first-order valence-corrected chi connectivity index (χ1v) is 33.5. The zero-order valence-electron chi connectivity index (χ0n) is 52.9. The van der Waals surface area contributed by atoms with Gasteiger partial charge in [-0.2, -0.15) is 0 Å². The van der Waals surface area contributed by atoms with E-state index in [0.29, 0.717) is 59.7 Å². The number of fused-ring (bicyclic) bond motifs is 5. The highest BCUT2D eigenvalue weighted by molar-refractivity contribution is 9.11. The Morgan fingerprint density at radius 3 is 1.51 bits per heavy atom. The fourth-order valence-electron chi connectivity index (χ4n) is 15.2. The normalized spacial score (nSPS) is 27.0. The molecule has 4 aliphatic carbocycles. The van der Waals surface area contributed by atoms with Crippen molar-refractivity contribution in [1.29, 1.82) is 0 Å². The van der Waals surface area contributed by atoms with Crippen LogP contribution >= 0.6 is 31.9 Å². The Kier molecular flexibility index (Phi) is 18.2. The van der Waals surface area contributed by atoms with Crippen molar-refractivity contribution in [3.8, 4) is 0 Å². The summed E-state index contributed by atoms with van der Waals surface area (Å²) in [5.74, 6) is 4.19. The Labute approximate surface area is 536 Å². The van der Waals surface area contributed by atoms with Crippen LogP contribution in [0.1, 0.15) is 177 Å². The van der Waals surface area contributed by atoms with E-state index in [1.807, 2.05) is 24.6 Å². The van der Waals surface area contributed by atoms with Crippen LogP contribution in [-0.4, -0.2) is 136 Å². The fraction of sp³-hybridized carbons (Fsp3) is 0.618. The molecule has 0 spiro atoms. The lowest BCUT2D eigenvalue weighted by atomic mass is 9.76. The fourth-order valence-corrected chi connectivity index (χ4v) is 16.4. The number of hydrogen-bond acceptors (Lipinski definition) is 14. The molecule has 0 unspecified atom stereocenters. The van der Waals surface area contributed by atoms with Gasteiger partial charge in [0, 0.05) is 83.3 Å². The van der Waals surface area contributed by atoms with E-state index >= 15 is 0 Å². The highest BCUT2D eigenvalue weighted by atomic mass is 79.9. The summed E-state index contributed by atoms with van der Waals surface area (Å²) in [4.78, 5) is 39.6. The number of aromatic amines is 2. The number of aliphatic hydroxyl groups is 2. The molecule has 4 saturated carbocycles. The number of rotatable bonds is 16. The third-order valence-corrected chi connectivity index (χ3v) is 21.4. The minimum atomic E-state index is -0.875. The molecular formula is C68H96Br2N14O4. The minimum Gasteiger partial charge on any atom is -0.390 e. The number of anilines is 2. The Hall–Kier alpha value is -5.06. The summed E-state index contributed by atoms with van der Waals surface area (Å²) < 4.78 is 19.1. The predicted octanol–water partition coefficient (Wildman–Crippen LogP) is 13.1. The number of aliphatic hydroxyl groups excluding tert-OH is 2. The maximum atomic E-state index is 11.1. The summed E-state index contributed by atoms with van der Waals surface area (Å²) in [5, 5.41) is 23.9. The van der Waals surface area contributed by atoms with Crippen LogP contribution in [0.5, 0.6) is 0 Å². The van der Waals surface area contributed by atoms with Crippen molar-refractivity contribution >= 4 is 87.6 Å². The first-order valence-electron chi connectivity index (χ1n) is 31.9. The van der Waals surface area contributed by atoms with Crippen LogP contribution in [0.4, 0.5) is 11.6 Å². The Morgan fingerprint density at radius 1 is 0.625 bits per heavy atom. The quantitative estimate of drug-likeness (QED) is 0.0528. The van der Waals surface area contributed by atoms with Crippen LogP contribution in [0.25, 0.3) is 44.1 Å². The maximum absolute atomic E-state index is 11.1. The molecule has 7 heterocycles. The van der Waals surface area contributed by atoms with Crippen LogP contribution in [0.3, 0.4) is 0 Å². The van der Waals surface area contributed by atoms with Gasteiger partial charge in [-0.15, -0.1) is 0 Å². The van der Waals surface area contributed by atoms with Crippen molar-refractivity contribution < 1.29 is 19.7 Å². The summed E-state index contributed by atoms with van der Waals surface area (Å²) in [7, 11) is 0. The largest absolute Gasteiger partial charge is 0.390 e. The molecule has 8 N–H and O–H groups in total. The van der Waals surface area contributed by atoms with E-state index in [0.717, 1.165) is 117 Å². The third-order valence-electron chi connectivity index (χ3n) is 20.2. The third kappa shape index (κ3) is 12.8. The van der Waals surface area contributed by atoms with Gasteiger partial charge in [0.05, 0.1) is 57.1 Å². The monoisotopic (exact) mass is 1330 g/mol. The van der Waals surface area contributed by atoms with Gasteiger partial charge >= 0.3 is 0 Å². The van der Waals surface area contributed by atoms with E-state index in [9.17, 15) is 10.2 Å². The van der Waals surface area contributed by atoms with Crippen LogP contribution in [0.2, 0.25) is 0 Å². The average Bonchev–Trinajstić information content (AvgIpc) is 1.72. The minimum absolute atomic E-state index is 0. The van der Waals surface area contributed by atoms with E-state index < -0.39 is 18.0 Å². The van der Waals surface area contributed by atoms with Gasteiger partial charge in [-0.05, 0) is 183 Å². The zero-order chi connectivity index (χ0) is 61.8. The molecule has 2 aromatic carbocycles. The molecule has 1 aliphatic heterocycles.